The second-order valence-electron chi connectivity index (χ2n) is 10.3. The normalized spacial score (nSPS) is 13.1. The Morgan fingerprint density at radius 1 is 0.429 bits per heavy atom. The molecule has 0 aliphatic carbocycles. The van der Waals surface area contributed by atoms with Gasteiger partial charge in [0.2, 0.25) is 0 Å². The number of benzene rings is 1. The van der Waals surface area contributed by atoms with Crippen LogP contribution in [0.2, 0.25) is 0 Å². The summed E-state index contributed by atoms with van der Waals surface area (Å²) in [5.74, 6) is -10.7. The number of rotatable bonds is 20. The van der Waals surface area contributed by atoms with Crippen molar-refractivity contribution in [3.63, 3.8) is 0 Å². The molecule has 7 heteroatoms. The Balaban J connectivity index is 3.37. The van der Waals surface area contributed by atoms with E-state index in [2.05, 4.69) is 27.7 Å². The number of hydrogen-bond acceptors (Lipinski definition) is 1. The van der Waals surface area contributed by atoms with E-state index in [1.165, 1.54) is 25.7 Å². The molecule has 0 bridgehead atoms. The third-order valence-corrected chi connectivity index (χ3v) is 13.8. The maximum atomic E-state index is 14.8. The SMILES string of the molecule is CCCCCCCCCCP(CCCC)(CCCC)(CCCC)Oc1c(F)c(F)c(F)c(F)c1F. The molecule has 35 heavy (non-hydrogen) atoms. The van der Waals surface area contributed by atoms with Gasteiger partial charge >= 0.3 is 210 Å². The van der Waals surface area contributed by atoms with Crippen molar-refractivity contribution in [3.05, 3.63) is 29.1 Å². The van der Waals surface area contributed by atoms with E-state index < -0.39 is 41.7 Å². The Kier molecular flexibility index (Phi) is 14.7. The second kappa shape index (κ2) is 16.0. The number of unbranched alkanes of at least 4 members (excludes halogenated alkanes) is 10. The summed E-state index contributed by atoms with van der Waals surface area (Å²) in [7, 11) is 0. The minimum atomic E-state index is -3.30. The van der Waals surface area contributed by atoms with Crippen LogP contribution in [-0.4, -0.2) is 24.6 Å². The van der Waals surface area contributed by atoms with Crippen LogP contribution in [-0.2, 0) is 0 Å². The minimum absolute atomic E-state index is 0.665. The summed E-state index contributed by atoms with van der Waals surface area (Å²) in [6.07, 6.45) is 16.8. The van der Waals surface area contributed by atoms with Gasteiger partial charge in [0.05, 0.1) is 0 Å². The van der Waals surface area contributed by atoms with Gasteiger partial charge in [0.25, 0.3) is 0 Å². The van der Waals surface area contributed by atoms with Crippen LogP contribution in [0.5, 0.6) is 5.75 Å². The molecule has 0 radical (unpaired) electrons. The zero-order valence-electron chi connectivity index (χ0n) is 22.5. The summed E-state index contributed by atoms with van der Waals surface area (Å²) in [6, 6.07) is 0. The van der Waals surface area contributed by atoms with Gasteiger partial charge in [0.15, 0.2) is 0 Å². The van der Waals surface area contributed by atoms with E-state index in [0.29, 0.717) is 24.6 Å². The third-order valence-electron chi connectivity index (χ3n) is 7.33. The van der Waals surface area contributed by atoms with Crippen LogP contribution in [0.4, 0.5) is 22.0 Å². The van der Waals surface area contributed by atoms with Crippen molar-refractivity contribution >= 4 is 6.83 Å². The summed E-state index contributed by atoms with van der Waals surface area (Å²) in [5, 5.41) is 0. The van der Waals surface area contributed by atoms with Crippen molar-refractivity contribution in [3.8, 4) is 5.75 Å². The molecule has 1 aromatic rings. The van der Waals surface area contributed by atoms with E-state index in [-0.39, 0.29) is 0 Å². The van der Waals surface area contributed by atoms with Gasteiger partial charge in [-0.05, 0) is 0 Å². The van der Waals surface area contributed by atoms with Gasteiger partial charge in [-0.1, -0.05) is 0 Å². The molecule has 0 atom stereocenters. The topological polar surface area (TPSA) is 9.23 Å². The Bertz CT molecular complexity index is 702. The van der Waals surface area contributed by atoms with E-state index >= 15 is 0 Å². The average Bonchev–Trinajstić information content (AvgIpc) is 2.87. The van der Waals surface area contributed by atoms with E-state index in [1.54, 1.807) is 0 Å². The first-order valence-electron chi connectivity index (χ1n) is 13.9. The number of hydrogen-bond donors (Lipinski definition) is 0. The van der Waals surface area contributed by atoms with Gasteiger partial charge in [0.1, 0.15) is 0 Å². The second-order valence-corrected chi connectivity index (χ2v) is 16.0. The molecule has 0 aliphatic heterocycles. The maximum absolute atomic E-state index is 14.8. The van der Waals surface area contributed by atoms with E-state index in [9.17, 15) is 22.0 Å². The van der Waals surface area contributed by atoms with Crippen molar-refractivity contribution in [2.75, 3.05) is 24.6 Å². The molecule has 0 N–H and O–H groups in total. The van der Waals surface area contributed by atoms with Gasteiger partial charge in [-0.15, -0.1) is 0 Å². The molecule has 1 aromatic carbocycles. The Hall–Kier alpha value is -0.900. The van der Waals surface area contributed by atoms with E-state index in [4.69, 9.17) is 4.52 Å². The quantitative estimate of drug-likeness (QED) is 0.0540. The zero-order valence-corrected chi connectivity index (χ0v) is 23.4. The zero-order chi connectivity index (χ0) is 26.3. The molecule has 1 nitrogen and oxygen atoms in total. The van der Waals surface area contributed by atoms with Crippen LogP contribution < -0.4 is 4.52 Å². The van der Waals surface area contributed by atoms with Crippen LogP contribution in [0.15, 0.2) is 0 Å². The summed E-state index contributed by atoms with van der Waals surface area (Å²) >= 11 is 0. The van der Waals surface area contributed by atoms with E-state index in [1.807, 2.05) is 0 Å². The third kappa shape index (κ3) is 9.17. The molecular formula is C28H48F5OP. The Morgan fingerprint density at radius 2 is 0.743 bits per heavy atom. The summed E-state index contributed by atoms with van der Waals surface area (Å²) in [5.41, 5.74) is 0. The first-order chi connectivity index (χ1) is 16.7. The molecule has 0 heterocycles. The fourth-order valence-electron chi connectivity index (χ4n) is 5.10. The van der Waals surface area contributed by atoms with Crippen LogP contribution in [0.25, 0.3) is 0 Å². The molecule has 0 fully saturated rings. The van der Waals surface area contributed by atoms with Crippen LogP contribution >= 0.6 is 6.83 Å². The van der Waals surface area contributed by atoms with Gasteiger partial charge in [-0.25, -0.2) is 0 Å². The first-order valence-corrected chi connectivity index (χ1v) is 16.8. The molecular weight excluding hydrogens is 478 g/mol. The molecule has 0 saturated carbocycles. The van der Waals surface area contributed by atoms with E-state index in [0.717, 1.165) is 64.2 Å². The molecule has 0 spiro atoms. The summed E-state index contributed by atoms with van der Waals surface area (Å²) < 4.78 is 78.0. The van der Waals surface area contributed by atoms with Crippen molar-refractivity contribution in [1.82, 2.24) is 0 Å². The molecule has 1 rings (SSSR count). The van der Waals surface area contributed by atoms with Crippen LogP contribution in [0, 0.1) is 29.1 Å². The van der Waals surface area contributed by atoms with Gasteiger partial charge in [0, 0.05) is 0 Å². The standard InChI is InChI=1S/C28H48F5OP/c1-5-9-13-14-15-16-17-18-22-35(19-10-6-2,20-11-7-3,21-12-8-4)34-28-26(32)24(30)23(29)25(31)27(28)33/h5-22H2,1-4H3. The molecule has 0 aliphatic rings. The van der Waals surface area contributed by atoms with Gasteiger partial charge < -0.3 is 0 Å². The Morgan fingerprint density at radius 3 is 1.14 bits per heavy atom. The van der Waals surface area contributed by atoms with Crippen LogP contribution in [0.3, 0.4) is 0 Å². The molecule has 0 saturated heterocycles. The van der Waals surface area contributed by atoms with Crippen molar-refractivity contribution < 1.29 is 26.5 Å². The first kappa shape index (κ1) is 32.1. The number of halogens is 5. The summed E-state index contributed by atoms with van der Waals surface area (Å²) in [6.45, 7) is 5.06. The van der Waals surface area contributed by atoms with Crippen molar-refractivity contribution in [1.29, 1.82) is 0 Å². The molecule has 0 aromatic heterocycles. The average molecular weight is 527 g/mol. The van der Waals surface area contributed by atoms with Gasteiger partial charge in [-0.2, -0.15) is 0 Å². The molecule has 0 amide bonds. The molecule has 206 valence electrons. The predicted molar refractivity (Wildman–Crippen MR) is 141 cm³/mol. The fourth-order valence-corrected chi connectivity index (χ4v) is 11.9. The Labute approximate surface area is 210 Å². The van der Waals surface area contributed by atoms with Crippen molar-refractivity contribution in [2.45, 2.75) is 118 Å². The molecule has 0 unspecified atom stereocenters. The fraction of sp³-hybridized carbons (Fsp3) is 0.786. The summed E-state index contributed by atoms with van der Waals surface area (Å²) in [4.78, 5) is 0. The predicted octanol–water partition coefficient (Wildman–Crippen LogP) is 10.8. The van der Waals surface area contributed by atoms with Crippen molar-refractivity contribution in [2.24, 2.45) is 0 Å². The monoisotopic (exact) mass is 526 g/mol. The van der Waals surface area contributed by atoms with Crippen LogP contribution in [0.1, 0.15) is 118 Å². The van der Waals surface area contributed by atoms with Gasteiger partial charge in [-0.3, -0.25) is 0 Å².